The van der Waals surface area contributed by atoms with Gasteiger partial charge in [-0.05, 0) is 79.8 Å². The molecule has 0 saturated heterocycles. The molecule has 4 heteroatoms. The van der Waals surface area contributed by atoms with E-state index < -0.39 is 5.82 Å². The summed E-state index contributed by atoms with van der Waals surface area (Å²) < 4.78 is 14.1. The number of isothiocyanates is 1. The fourth-order valence-corrected chi connectivity index (χ4v) is 4.22. The lowest BCUT2D eigenvalue weighted by molar-refractivity contribution is 0.304. The highest BCUT2D eigenvalue weighted by atomic mass is 32.1. The zero-order valence-electron chi connectivity index (χ0n) is 17.2. The number of aryl methyl sites for hydroxylation is 1. The Morgan fingerprint density at radius 3 is 2.62 bits per heavy atom. The van der Waals surface area contributed by atoms with Crippen molar-refractivity contribution in [2.75, 3.05) is 0 Å². The van der Waals surface area contributed by atoms with Crippen LogP contribution in [0.1, 0.15) is 80.2 Å². The molecule has 0 radical (unpaired) electrons. The first-order valence-corrected chi connectivity index (χ1v) is 10.9. The molecule has 0 unspecified atom stereocenters. The summed E-state index contributed by atoms with van der Waals surface area (Å²) in [5, 5.41) is 2.21. The fourth-order valence-electron chi connectivity index (χ4n) is 4.12. The molecule has 29 heavy (non-hydrogen) atoms. The Bertz CT molecular complexity index is 959. The number of nitrogens with zero attached hydrogens (tertiary/aromatic N) is 2. The van der Waals surface area contributed by atoms with Crippen molar-refractivity contribution in [3.8, 4) is 11.8 Å². The number of aliphatic imine (C=N–C) groups is 1. The topological polar surface area (TPSA) is 25.2 Å². The predicted molar refractivity (Wildman–Crippen MR) is 120 cm³/mol. The van der Waals surface area contributed by atoms with Crippen LogP contribution in [-0.4, -0.2) is 10.1 Å². The Labute approximate surface area is 178 Å². The second-order valence-corrected chi connectivity index (χ2v) is 8.09. The van der Waals surface area contributed by atoms with Crippen molar-refractivity contribution in [2.24, 2.45) is 10.9 Å². The molecule has 1 aromatic carbocycles. The third-order valence-electron chi connectivity index (χ3n) is 5.85. The van der Waals surface area contributed by atoms with Crippen molar-refractivity contribution >= 4 is 23.1 Å². The molecule has 0 atom stereocenters. The number of thiocarbonyl (C=S) groups is 1. The summed E-state index contributed by atoms with van der Waals surface area (Å²) in [6.07, 6.45) is 10.7. The molecule has 1 saturated carbocycles. The van der Waals surface area contributed by atoms with E-state index in [1.807, 2.05) is 0 Å². The van der Waals surface area contributed by atoms with Gasteiger partial charge in [0.1, 0.15) is 5.69 Å². The summed E-state index contributed by atoms with van der Waals surface area (Å²) in [7, 11) is 0. The molecule has 150 valence electrons. The second-order valence-electron chi connectivity index (χ2n) is 7.91. The van der Waals surface area contributed by atoms with E-state index in [0.717, 1.165) is 17.0 Å². The smallest absolute Gasteiger partial charge is 0.159 e. The largest absolute Gasteiger partial charge is 0.242 e. The van der Waals surface area contributed by atoms with E-state index >= 15 is 0 Å². The lowest BCUT2D eigenvalue weighted by Crippen LogP contribution is -2.13. The van der Waals surface area contributed by atoms with Gasteiger partial charge < -0.3 is 0 Å². The Kier molecular flexibility index (Phi) is 7.69. The molecule has 0 aliphatic heterocycles. The van der Waals surface area contributed by atoms with E-state index in [1.54, 1.807) is 0 Å². The summed E-state index contributed by atoms with van der Waals surface area (Å²) in [6.45, 7) is 4.34. The van der Waals surface area contributed by atoms with E-state index in [0.29, 0.717) is 11.6 Å². The maximum atomic E-state index is 14.1. The van der Waals surface area contributed by atoms with Crippen molar-refractivity contribution in [1.82, 2.24) is 4.98 Å². The minimum atomic E-state index is -0.502. The number of rotatable bonds is 5. The molecule has 1 aliphatic rings. The Morgan fingerprint density at radius 2 is 1.97 bits per heavy atom. The van der Waals surface area contributed by atoms with Crippen LogP contribution in [0.15, 0.2) is 35.5 Å². The normalized spacial score (nSPS) is 18.4. The van der Waals surface area contributed by atoms with Crippen LogP contribution in [0.25, 0.3) is 0 Å². The molecule has 0 spiro atoms. The highest BCUT2D eigenvalue weighted by Gasteiger charge is 2.22. The second kappa shape index (κ2) is 10.4. The van der Waals surface area contributed by atoms with Gasteiger partial charge in [-0.2, -0.15) is 4.99 Å². The molecule has 1 fully saturated rings. The van der Waals surface area contributed by atoms with E-state index in [1.165, 1.54) is 62.8 Å². The highest BCUT2D eigenvalue weighted by molar-refractivity contribution is 7.78. The van der Waals surface area contributed by atoms with Gasteiger partial charge in [0, 0.05) is 11.6 Å². The van der Waals surface area contributed by atoms with Gasteiger partial charge in [-0.15, -0.1) is 0 Å². The van der Waals surface area contributed by atoms with E-state index in [2.05, 4.69) is 71.2 Å². The first-order chi connectivity index (χ1) is 14.1. The Balaban J connectivity index is 1.68. The van der Waals surface area contributed by atoms with Crippen LogP contribution in [-0.2, 0) is 0 Å². The predicted octanol–water partition coefficient (Wildman–Crippen LogP) is 7.13. The van der Waals surface area contributed by atoms with Crippen LogP contribution in [0.2, 0.25) is 0 Å². The molecule has 0 bridgehead atoms. The molecule has 1 aromatic heterocycles. The van der Waals surface area contributed by atoms with Crippen molar-refractivity contribution in [2.45, 2.75) is 64.7 Å². The van der Waals surface area contributed by atoms with Crippen LogP contribution in [0, 0.1) is 30.5 Å². The zero-order valence-corrected chi connectivity index (χ0v) is 18.0. The molecule has 0 N–H and O–H groups in total. The highest BCUT2D eigenvalue weighted by Crippen LogP contribution is 2.38. The van der Waals surface area contributed by atoms with Gasteiger partial charge in [0.25, 0.3) is 0 Å². The quantitative estimate of drug-likeness (QED) is 0.300. The van der Waals surface area contributed by atoms with E-state index in [4.69, 9.17) is 0 Å². The third kappa shape index (κ3) is 5.82. The van der Waals surface area contributed by atoms with Crippen molar-refractivity contribution in [3.63, 3.8) is 0 Å². The fraction of sp³-hybridized carbons (Fsp3) is 0.440. The van der Waals surface area contributed by atoms with Crippen LogP contribution in [0.5, 0.6) is 0 Å². The van der Waals surface area contributed by atoms with Gasteiger partial charge in [-0.1, -0.05) is 44.2 Å². The van der Waals surface area contributed by atoms with Crippen LogP contribution in [0.3, 0.4) is 0 Å². The minimum Gasteiger partial charge on any atom is -0.242 e. The number of benzene rings is 1. The molecule has 0 amide bonds. The van der Waals surface area contributed by atoms with Gasteiger partial charge in [-0.25, -0.2) is 9.37 Å². The first-order valence-electron chi connectivity index (χ1n) is 10.5. The van der Waals surface area contributed by atoms with Crippen LogP contribution < -0.4 is 0 Å². The van der Waals surface area contributed by atoms with Gasteiger partial charge in [0.15, 0.2) is 5.82 Å². The van der Waals surface area contributed by atoms with Crippen LogP contribution in [0.4, 0.5) is 10.1 Å². The summed E-state index contributed by atoms with van der Waals surface area (Å²) in [4.78, 5) is 7.76. The number of halogens is 1. The monoisotopic (exact) mass is 406 g/mol. The van der Waals surface area contributed by atoms with Gasteiger partial charge >= 0.3 is 0 Å². The SMILES string of the molecule is CCCCC1CCC(c2ccc(C#Cc3ncc(N=C=S)cc3F)c(C)c2)CC1. The number of hydrogen-bond donors (Lipinski definition) is 0. The number of hydrogen-bond acceptors (Lipinski definition) is 3. The van der Waals surface area contributed by atoms with E-state index in [-0.39, 0.29) is 5.69 Å². The lowest BCUT2D eigenvalue weighted by atomic mass is 9.76. The molecule has 3 rings (SSSR count). The summed E-state index contributed by atoms with van der Waals surface area (Å²) in [6, 6.07) is 7.77. The minimum absolute atomic E-state index is 0.113. The number of aromatic nitrogens is 1. The average molecular weight is 407 g/mol. The van der Waals surface area contributed by atoms with Gasteiger partial charge in [0.2, 0.25) is 0 Å². The molecule has 2 nitrogen and oxygen atoms in total. The standard InChI is InChI=1S/C25H27FN2S/c1-3-4-5-19-6-8-21(9-7-19)22-11-10-20(18(2)14-22)12-13-25-24(26)15-23(16-27-25)28-17-29/h10-11,14-16,19,21H,3-9H2,1-2H3. The first kappa shape index (κ1) is 21.4. The van der Waals surface area contributed by atoms with Gasteiger partial charge in [-0.3, -0.25) is 0 Å². The number of pyridine rings is 1. The van der Waals surface area contributed by atoms with Gasteiger partial charge in [0.05, 0.1) is 17.0 Å². The maximum absolute atomic E-state index is 14.1. The summed E-state index contributed by atoms with van der Waals surface area (Å²) in [5.74, 6) is 6.97. The maximum Gasteiger partial charge on any atom is 0.159 e. The van der Waals surface area contributed by atoms with Crippen molar-refractivity contribution in [1.29, 1.82) is 0 Å². The molecule has 1 aliphatic carbocycles. The zero-order chi connectivity index (χ0) is 20.6. The van der Waals surface area contributed by atoms with Crippen LogP contribution >= 0.6 is 12.2 Å². The third-order valence-corrected chi connectivity index (χ3v) is 5.94. The lowest BCUT2D eigenvalue weighted by Gasteiger charge is -2.29. The summed E-state index contributed by atoms with van der Waals surface area (Å²) >= 11 is 4.52. The molecular formula is C25H27FN2S. The molecule has 2 aromatic rings. The van der Waals surface area contributed by atoms with Crippen molar-refractivity contribution < 1.29 is 4.39 Å². The summed E-state index contributed by atoms with van der Waals surface area (Å²) in [5.41, 5.74) is 3.90. The molecule has 1 heterocycles. The molecular weight excluding hydrogens is 379 g/mol. The van der Waals surface area contributed by atoms with E-state index in [9.17, 15) is 4.39 Å². The van der Waals surface area contributed by atoms with Crippen molar-refractivity contribution in [3.05, 3.63) is 58.7 Å². The Morgan fingerprint density at radius 1 is 1.17 bits per heavy atom. The number of unbranched alkanes of at least 4 members (excludes halogenated alkanes) is 1. The Hall–Kier alpha value is -2.34. The average Bonchev–Trinajstić information content (AvgIpc) is 2.73.